The van der Waals surface area contributed by atoms with Gasteiger partial charge in [-0.15, -0.1) is 11.3 Å². The monoisotopic (exact) mass is 403 g/mol. The minimum absolute atomic E-state index is 0.0336. The number of anilines is 1. The minimum Gasteiger partial charge on any atom is -0.497 e. The van der Waals surface area contributed by atoms with Crippen molar-refractivity contribution in [2.24, 2.45) is 5.73 Å². The van der Waals surface area contributed by atoms with Crippen LogP contribution in [0, 0.1) is 0 Å². The smallest absolute Gasteiger partial charge is 0.256 e. The summed E-state index contributed by atoms with van der Waals surface area (Å²) in [5, 5.41) is 3.16. The number of primary amides is 1. The number of amides is 3. The molecule has 2 aromatic rings. The Labute approximate surface area is 166 Å². The van der Waals surface area contributed by atoms with Crippen LogP contribution in [0.4, 0.5) is 5.00 Å². The van der Waals surface area contributed by atoms with Crippen molar-refractivity contribution in [1.29, 1.82) is 0 Å². The molecule has 0 fully saturated rings. The number of hydrogen-bond donors (Lipinski definition) is 2. The van der Waals surface area contributed by atoms with Gasteiger partial charge in [-0.1, -0.05) is 0 Å². The van der Waals surface area contributed by atoms with Gasteiger partial charge in [0.1, 0.15) is 16.5 Å². The van der Waals surface area contributed by atoms with Gasteiger partial charge >= 0.3 is 0 Å². The molecule has 1 aliphatic rings. The number of nitrogens with zero attached hydrogens (tertiary/aromatic N) is 1. The molecule has 3 rings (SSSR count). The second-order valence-electron chi connectivity index (χ2n) is 6.32. The zero-order valence-corrected chi connectivity index (χ0v) is 16.6. The van der Waals surface area contributed by atoms with Crippen molar-refractivity contribution in [3.8, 4) is 11.5 Å². The molecule has 0 atom stereocenters. The molecule has 148 valence electrons. The molecule has 2 heterocycles. The van der Waals surface area contributed by atoms with Crippen molar-refractivity contribution in [1.82, 2.24) is 4.90 Å². The highest BCUT2D eigenvalue weighted by Crippen LogP contribution is 2.37. The number of rotatable bonds is 5. The van der Waals surface area contributed by atoms with E-state index in [0.717, 1.165) is 10.4 Å². The normalized spacial score (nSPS) is 12.9. The molecule has 0 radical (unpaired) electrons. The third-order valence-corrected chi connectivity index (χ3v) is 5.72. The number of ether oxygens (including phenoxy) is 2. The maximum Gasteiger partial charge on any atom is 0.256 e. The summed E-state index contributed by atoms with van der Waals surface area (Å²) in [7, 11) is 2.99. The summed E-state index contributed by atoms with van der Waals surface area (Å²) in [4.78, 5) is 39.0. The molecule has 0 unspecified atom stereocenters. The summed E-state index contributed by atoms with van der Waals surface area (Å²) in [5.41, 5.74) is 7.01. The highest BCUT2D eigenvalue weighted by atomic mass is 32.1. The summed E-state index contributed by atoms with van der Waals surface area (Å²) in [6.07, 6.45) is 0.520. The van der Waals surface area contributed by atoms with Crippen LogP contribution in [0.1, 0.15) is 38.1 Å². The van der Waals surface area contributed by atoms with Crippen molar-refractivity contribution >= 4 is 34.1 Å². The fourth-order valence-electron chi connectivity index (χ4n) is 3.13. The summed E-state index contributed by atoms with van der Waals surface area (Å²) in [5.74, 6) is -0.104. The van der Waals surface area contributed by atoms with E-state index in [9.17, 15) is 14.4 Å². The van der Waals surface area contributed by atoms with Crippen molar-refractivity contribution in [2.45, 2.75) is 19.9 Å². The third-order valence-electron chi connectivity index (χ3n) is 4.59. The Morgan fingerprint density at radius 1 is 1.14 bits per heavy atom. The number of hydrogen-bond acceptors (Lipinski definition) is 6. The zero-order chi connectivity index (χ0) is 20.4. The van der Waals surface area contributed by atoms with Gasteiger partial charge in [0, 0.05) is 30.0 Å². The molecule has 1 aliphatic heterocycles. The summed E-state index contributed by atoms with van der Waals surface area (Å²) in [6, 6.07) is 4.81. The van der Waals surface area contributed by atoms with Crippen LogP contribution in [-0.2, 0) is 17.8 Å². The maximum absolute atomic E-state index is 12.8. The van der Waals surface area contributed by atoms with E-state index in [1.807, 2.05) is 0 Å². The topological polar surface area (TPSA) is 111 Å². The van der Waals surface area contributed by atoms with E-state index in [0.29, 0.717) is 47.1 Å². The third kappa shape index (κ3) is 3.79. The standard InChI is InChI=1S/C19H21N3O5S/c1-10(23)22-5-4-14-15(9-22)28-19(16(14)17(20)24)21-18(25)11-6-12(26-2)8-13(7-11)27-3/h6-8H,4-5,9H2,1-3H3,(H2,20,24)(H,21,25). The number of nitrogens with one attached hydrogen (secondary N) is 1. The number of nitrogens with two attached hydrogens (primary N) is 1. The molecule has 0 saturated heterocycles. The molecule has 1 aromatic carbocycles. The Bertz CT molecular complexity index is 931. The molecule has 3 N–H and O–H groups in total. The van der Waals surface area contributed by atoms with Gasteiger partial charge in [-0.05, 0) is 24.1 Å². The first-order valence-electron chi connectivity index (χ1n) is 8.58. The lowest BCUT2D eigenvalue weighted by atomic mass is 10.0. The molecule has 8 nitrogen and oxygen atoms in total. The second kappa shape index (κ2) is 7.89. The van der Waals surface area contributed by atoms with Crippen molar-refractivity contribution in [3.63, 3.8) is 0 Å². The first-order chi connectivity index (χ1) is 13.3. The molecule has 28 heavy (non-hydrogen) atoms. The predicted octanol–water partition coefficient (Wildman–Crippen LogP) is 2.02. The van der Waals surface area contributed by atoms with Crippen LogP contribution < -0.4 is 20.5 Å². The average Bonchev–Trinajstić information content (AvgIpc) is 3.04. The summed E-state index contributed by atoms with van der Waals surface area (Å²) in [6.45, 7) is 2.42. The molecule has 0 saturated carbocycles. The van der Waals surface area contributed by atoms with Gasteiger partial charge in [-0.3, -0.25) is 14.4 Å². The van der Waals surface area contributed by atoms with Gasteiger partial charge in [-0.2, -0.15) is 0 Å². The predicted molar refractivity (Wildman–Crippen MR) is 105 cm³/mol. The zero-order valence-electron chi connectivity index (χ0n) is 15.8. The highest BCUT2D eigenvalue weighted by Gasteiger charge is 2.28. The number of carbonyl (C=O) groups is 3. The molecule has 0 spiro atoms. The Hall–Kier alpha value is -3.07. The van der Waals surface area contributed by atoms with E-state index in [1.54, 1.807) is 23.1 Å². The van der Waals surface area contributed by atoms with Crippen molar-refractivity contribution in [3.05, 3.63) is 39.8 Å². The fourth-order valence-corrected chi connectivity index (χ4v) is 4.40. The van der Waals surface area contributed by atoms with Crippen LogP contribution in [-0.4, -0.2) is 43.4 Å². The largest absolute Gasteiger partial charge is 0.497 e. The Balaban J connectivity index is 1.93. The quantitative estimate of drug-likeness (QED) is 0.793. The van der Waals surface area contributed by atoms with Crippen molar-refractivity contribution in [2.75, 3.05) is 26.1 Å². The average molecular weight is 403 g/mol. The lowest BCUT2D eigenvalue weighted by Crippen LogP contribution is -2.34. The van der Waals surface area contributed by atoms with Crippen LogP contribution in [0.15, 0.2) is 18.2 Å². The minimum atomic E-state index is -0.604. The molecule has 0 bridgehead atoms. The lowest BCUT2D eigenvalue weighted by molar-refractivity contribution is -0.129. The van der Waals surface area contributed by atoms with Crippen LogP contribution in [0.2, 0.25) is 0 Å². The molecule has 3 amide bonds. The Morgan fingerprint density at radius 3 is 2.32 bits per heavy atom. The van der Waals surface area contributed by atoms with Crippen LogP contribution in [0.25, 0.3) is 0 Å². The Kier molecular flexibility index (Phi) is 5.55. The number of benzene rings is 1. The van der Waals surface area contributed by atoms with Crippen LogP contribution in [0.5, 0.6) is 11.5 Å². The first kappa shape index (κ1) is 19.7. The van der Waals surface area contributed by atoms with Gasteiger partial charge < -0.3 is 25.4 Å². The van der Waals surface area contributed by atoms with Gasteiger partial charge in [0.2, 0.25) is 5.91 Å². The van der Waals surface area contributed by atoms with E-state index in [-0.39, 0.29) is 5.91 Å². The van der Waals surface area contributed by atoms with Gasteiger partial charge in [0.15, 0.2) is 0 Å². The number of fused-ring (bicyclic) bond motifs is 1. The maximum atomic E-state index is 12.8. The molecule has 0 aliphatic carbocycles. The summed E-state index contributed by atoms with van der Waals surface area (Å²) < 4.78 is 10.4. The second-order valence-corrected chi connectivity index (χ2v) is 7.42. The molecular weight excluding hydrogens is 382 g/mol. The molecule has 9 heteroatoms. The van der Waals surface area contributed by atoms with Gasteiger partial charge in [0.05, 0.1) is 26.3 Å². The van der Waals surface area contributed by atoms with Gasteiger partial charge in [-0.25, -0.2) is 0 Å². The van der Waals surface area contributed by atoms with E-state index in [4.69, 9.17) is 15.2 Å². The SMILES string of the molecule is COc1cc(OC)cc(C(=O)Nc2sc3c(c2C(N)=O)CCN(C(C)=O)C3)c1. The Morgan fingerprint density at radius 2 is 1.79 bits per heavy atom. The van der Waals surface area contributed by atoms with Crippen LogP contribution >= 0.6 is 11.3 Å². The fraction of sp³-hybridized carbons (Fsp3) is 0.316. The van der Waals surface area contributed by atoms with E-state index in [1.165, 1.54) is 32.5 Å². The first-order valence-corrected chi connectivity index (χ1v) is 9.40. The highest BCUT2D eigenvalue weighted by molar-refractivity contribution is 7.17. The van der Waals surface area contributed by atoms with Crippen LogP contribution in [0.3, 0.4) is 0 Å². The summed E-state index contributed by atoms with van der Waals surface area (Å²) >= 11 is 1.27. The van der Waals surface area contributed by atoms with E-state index in [2.05, 4.69) is 5.32 Å². The number of methoxy groups -OCH3 is 2. The molecule has 1 aromatic heterocycles. The van der Waals surface area contributed by atoms with Gasteiger partial charge in [0.25, 0.3) is 11.8 Å². The lowest BCUT2D eigenvalue weighted by Gasteiger charge is -2.25. The van der Waals surface area contributed by atoms with E-state index < -0.39 is 11.8 Å². The number of carbonyl (C=O) groups excluding carboxylic acids is 3. The molecular formula is C19H21N3O5S. The van der Waals surface area contributed by atoms with E-state index >= 15 is 0 Å². The van der Waals surface area contributed by atoms with Crippen molar-refractivity contribution < 1.29 is 23.9 Å². The number of thiophene rings is 1.